The number of piperidine rings is 1. The van der Waals surface area contributed by atoms with E-state index in [1.807, 2.05) is 35.2 Å². The quantitative estimate of drug-likeness (QED) is 0.752. The molecule has 0 atom stereocenters. The lowest BCUT2D eigenvalue weighted by Crippen LogP contribution is -2.53. The number of aromatic nitrogens is 1. The van der Waals surface area contributed by atoms with Crippen molar-refractivity contribution >= 4 is 17.8 Å². The van der Waals surface area contributed by atoms with Crippen LogP contribution >= 0.6 is 0 Å². The number of halogens is 3. The van der Waals surface area contributed by atoms with Crippen LogP contribution < -0.4 is 0 Å². The molecule has 2 fully saturated rings. The normalized spacial score (nSPS) is 17.5. The first-order chi connectivity index (χ1) is 15.6. The van der Waals surface area contributed by atoms with Crippen molar-refractivity contribution in [2.45, 2.75) is 43.9 Å². The van der Waals surface area contributed by atoms with E-state index in [1.54, 1.807) is 12.3 Å². The number of hydrogen-bond donors (Lipinski definition) is 1. The summed E-state index contributed by atoms with van der Waals surface area (Å²) < 4.78 is 31.7. The van der Waals surface area contributed by atoms with Crippen LogP contribution in [0.2, 0.25) is 0 Å². The lowest BCUT2D eigenvalue weighted by atomic mass is 9.84. The maximum atomic E-state index is 12.6. The van der Waals surface area contributed by atoms with E-state index in [9.17, 15) is 22.8 Å². The van der Waals surface area contributed by atoms with Crippen molar-refractivity contribution in [1.29, 1.82) is 0 Å². The van der Waals surface area contributed by atoms with Crippen molar-refractivity contribution in [3.8, 4) is 0 Å². The summed E-state index contributed by atoms with van der Waals surface area (Å²) in [6, 6.07) is 15.6. The van der Waals surface area contributed by atoms with E-state index < -0.39 is 12.1 Å². The van der Waals surface area contributed by atoms with Crippen LogP contribution in [-0.4, -0.2) is 62.5 Å². The van der Waals surface area contributed by atoms with Crippen molar-refractivity contribution in [1.82, 2.24) is 14.8 Å². The van der Waals surface area contributed by atoms with E-state index in [0.29, 0.717) is 31.7 Å². The van der Waals surface area contributed by atoms with E-state index >= 15 is 0 Å². The fraction of sp³-hybridized carbons (Fsp3) is 0.391. The number of nitrogens with zero attached hydrogens (tertiary/aromatic N) is 3. The van der Waals surface area contributed by atoms with Gasteiger partial charge in [0.05, 0.1) is 0 Å². The highest BCUT2D eigenvalue weighted by Gasteiger charge is 2.47. The number of amides is 2. The number of carbonyl (C=O) groups is 3. The summed E-state index contributed by atoms with van der Waals surface area (Å²) in [5.74, 6) is -2.54. The molecule has 0 saturated carbocycles. The van der Waals surface area contributed by atoms with Gasteiger partial charge in [-0.05, 0) is 37.0 Å². The van der Waals surface area contributed by atoms with Gasteiger partial charge < -0.3 is 14.9 Å². The third-order valence-corrected chi connectivity index (χ3v) is 5.97. The molecule has 2 aliphatic heterocycles. The van der Waals surface area contributed by atoms with Crippen LogP contribution in [0.4, 0.5) is 13.2 Å². The lowest BCUT2D eigenvalue weighted by molar-refractivity contribution is -0.192. The molecule has 2 aromatic rings. The molecule has 4 rings (SSSR count). The highest BCUT2D eigenvalue weighted by Crippen LogP contribution is 2.40. The van der Waals surface area contributed by atoms with E-state index in [-0.39, 0.29) is 17.4 Å². The second-order valence-corrected chi connectivity index (χ2v) is 8.00. The number of likely N-dealkylation sites (tertiary alicyclic amines) is 2. The van der Waals surface area contributed by atoms with Gasteiger partial charge in [0.2, 0.25) is 5.91 Å². The van der Waals surface area contributed by atoms with Gasteiger partial charge in [-0.15, -0.1) is 0 Å². The summed E-state index contributed by atoms with van der Waals surface area (Å²) in [7, 11) is 0. The number of rotatable bonds is 3. The molecule has 1 spiro atoms. The van der Waals surface area contributed by atoms with Gasteiger partial charge in [-0.25, -0.2) is 4.79 Å². The third kappa shape index (κ3) is 5.88. The number of aliphatic carboxylic acids is 1. The average molecular weight is 463 g/mol. The number of hydrogen-bond acceptors (Lipinski definition) is 4. The number of carboxylic acids is 1. The second-order valence-electron chi connectivity index (χ2n) is 8.00. The molecule has 33 heavy (non-hydrogen) atoms. The second kappa shape index (κ2) is 10.0. The Kier molecular flexibility index (Phi) is 7.35. The summed E-state index contributed by atoms with van der Waals surface area (Å²) in [4.78, 5) is 42.1. The molecule has 176 valence electrons. The van der Waals surface area contributed by atoms with Gasteiger partial charge >= 0.3 is 12.1 Å². The Hall–Kier alpha value is -3.43. The standard InChI is InChI=1S/C21H23N3O2.C2HF3O2/c25-19-9-10-21(24(19)16-17-6-2-1-3-7-17)11-14-23(15-12-21)20(26)18-8-4-5-13-22-18;3-2(4,5)1(6)7/h1-8,13H,9-12,14-16H2;(H,6,7). The molecule has 0 bridgehead atoms. The Labute approximate surface area is 188 Å². The van der Waals surface area contributed by atoms with Gasteiger partial charge in [-0.1, -0.05) is 36.4 Å². The predicted octanol–water partition coefficient (Wildman–Crippen LogP) is 3.51. The molecule has 2 saturated heterocycles. The summed E-state index contributed by atoms with van der Waals surface area (Å²) in [5, 5.41) is 7.12. The molecular weight excluding hydrogens is 439 g/mol. The Bertz CT molecular complexity index is 975. The number of pyridine rings is 1. The van der Waals surface area contributed by atoms with Gasteiger partial charge in [-0.3, -0.25) is 14.6 Å². The van der Waals surface area contributed by atoms with Crippen molar-refractivity contribution in [3.05, 3.63) is 66.0 Å². The average Bonchev–Trinajstić information content (AvgIpc) is 3.10. The highest BCUT2D eigenvalue weighted by atomic mass is 19.4. The zero-order valence-corrected chi connectivity index (χ0v) is 17.8. The summed E-state index contributed by atoms with van der Waals surface area (Å²) in [6.45, 7) is 2.01. The fourth-order valence-corrected chi connectivity index (χ4v) is 4.19. The zero-order valence-electron chi connectivity index (χ0n) is 17.8. The molecule has 0 unspecified atom stereocenters. The van der Waals surface area contributed by atoms with Crippen LogP contribution in [0.3, 0.4) is 0 Å². The van der Waals surface area contributed by atoms with Crippen molar-refractivity contribution in [2.75, 3.05) is 13.1 Å². The molecule has 2 amide bonds. The maximum Gasteiger partial charge on any atom is 0.490 e. The molecule has 10 heteroatoms. The van der Waals surface area contributed by atoms with Gasteiger partial charge in [0, 0.05) is 37.8 Å². The first kappa shape index (κ1) is 24.2. The maximum absolute atomic E-state index is 12.6. The Morgan fingerprint density at radius 1 is 1.00 bits per heavy atom. The first-order valence-electron chi connectivity index (χ1n) is 10.5. The smallest absolute Gasteiger partial charge is 0.475 e. The molecule has 3 heterocycles. The van der Waals surface area contributed by atoms with Crippen LogP contribution in [0.5, 0.6) is 0 Å². The van der Waals surface area contributed by atoms with Gasteiger partial charge in [0.15, 0.2) is 0 Å². The van der Waals surface area contributed by atoms with E-state index in [0.717, 1.165) is 24.8 Å². The van der Waals surface area contributed by atoms with Crippen molar-refractivity contribution < 1.29 is 32.7 Å². The van der Waals surface area contributed by atoms with E-state index in [1.165, 1.54) is 0 Å². The first-order valence-corrected chi connectivity index (χ1v) is 10.5. The Balaban J connectivity index is 0.000000383. The largest absolute Gasteiger partial charge is 0.490 e. The van der Waals surface area contributed by atoms with Crippen LogP contribution in [0.25, 0.3) is 0 Å². The minimum Gasteiger partial charge on any atom is -0.475 e. The Morgan fingerprint density at radius 2 is 1.61 bits per heavy atom. The van der Waals surface area contributed by atoms with Crippen LogP contribution in [0, 0.1) is 0 Å². The minimum absolute atomic E-state index is 0.0145. The number of alkyl halides is 3. The number of carboxylic acid groups (broad SMARTS) is 1. The summed E-state index contributed by atoms with van der Waals surface area (Å²) >= 11 is 0. The van der Waals surface area contributed by atoms with E-state index in [2.05, 4.69) is 22.0 Å². The molecular formula is C23H24F3N3O4. The summed E-state index contributed by atoms with van der Waals surface area (Å²) in [6.07, 6.45) is -0.254. The topological polar surface area (TPSA) is 90.8 Å². The molecule has 7 nitrogen and oxygen atoms in total. The Morgan fingerprint density at radius 3 is 2.15 bits per heavy atom. The van der Waals surface area contributed by atoms with Crippen molar-refractivity contribution in [2.24, 2.45) is 0 Å². The third-order valence-electron chi connectivity index (χ3n) is 5.97. The molecule has 0 aliphatic carbocycles. The minimum atomic E-state index is -5.08. The van der Waals surface area contributed by atoms with E-state index in [4.69, 9.17) is 9.90 Å². The lowest BCUT2D eigenvalue weighted by Gasteiger charge is -2.45. The fourth-order valence-electron chi connectivity index (χ4n) is 4.19. The SMILES string of the molecule is O=C(O)C(F)(F)F.O=C(c1ccccn1)N1CCC2(CCC(=O)N2Cc2ccccc2)CC1. The van der Waals surface area contributed by atoms with Crippen molar-refractivity contribution in [3.63, 3.8) is 0 Å². The van der Waals surface area contributed by atoms with Gasteiger partial charge in [0.25, 0.3) is 5.91 Å². The van der Waals surface area contributed by atoms with Gasteiger partial charge in [0.1, 0.15) is 5.69 Å². The molecule has 2 aliphatic rings. The molecule has 1 aromatic heterocycles. The van der Waals surface area contributed by atoms with Crippen LogP contribution in [0.15, 0.2) is 54.7 Å². The van der Waals surface area contributed by atoms with Crippen LogP contribution in [0.1, 0.15) is 41.7 Å². The number of carbonyl (C=O) groups excluding carboxylic acids is 2. The zero-order chi connectivity index (χ0) is 24.1. The highest BCUT2D eigenvalue weighted by molar-refractivity contribution is 5.92. The summed E-state index contributed by atoms with van der Waals surface area (Å²) in [5.41, 5.74) is 1.55. The molecule has 1 N–H and O–H groups in total. The molecule has 0 radical (unpaired) electrons. The predicted molar refractivity (Wildman–Crippen MR) is 112 cm³/mol. The number of benzene rings is 1. The van der Waals surface area contributed by atoms with Gasteiger partial charge in [-0.2, -0.15) is 13.2 Å². The monoisotopic (exact) mass is 463 g/mol. The van der Waals surface area contributed by atoms with Crippen LogP contribution in [-0.2, 0) is 16.1 Å². The molecule has 1 aromatic carbocycles.